The first kappa shape index (κ1) is 25.2. The zero-order valence-corrected chi connectivity index (χ0v) is 21.0. The first-order chi connectivity index (χ1) is 18.1. The van der Waals surface area contributed by atoms with Gasteiger partial charge in [-0.15, -0.1) is 0 Å². The Balaban J connectivity index is 1.17. The molecule has 37 heavy (non-hydrogen) atoms. The summed E-state index contributed by atoms with van der Waals surface area (Å²) in [6.45, 7) is 5.57. The largest absolute Gasteiger partial charge is 0.445 e. The van der Waals surface area contributed by atoms with Crippen LogP contribution in [0.4, 0.5) is 19.3 Å². The molecule has 5 rings (SSSR count). The topological polar surface area (TPSA) is 36.0 Å². The summed E-state index contributed by atoms with van der Waals surface area (Å²) in [5.41, 5.74) is 4.06. The van der Waals surface area contributed by atoms with Crippen LogP contribution in [0.2, 0.25) is 0 Å². The van der Waals surface area contributed by atoms with Gasteiger partial charge in [0, 0.05) is 57.4 Å². The molecule has 1 amide bonds. The van der Waals surface area contributed by atoms with Gasteiger partial charge in [-0.25, -0.2) is 13.6 Å². The molecule has 0 aromatic heterocycles. The highest BCUT2D eigenvalue weighted by atomic mass is 19.1. The molecule has 0 spiro atoms. The first-order valence-electron chi connectivity index (χ1n) is 13.0. The summed E-state index contributed by atoms with van der Waals surface area (Å²) in [5.74, 6) is -0.374. The molecular weight excluding hydrogens is 472 g/mol. The Kier molecular flexibility index (Phi) is 7.99. The number of carbonyl (C=O) groups excluding carboxylic acids is 1. The molecule has 194 valence electrons. The van der Waals surface area contributed by atoms with Gasteiger partial charge in [-0.2, -0.15) is 0 Å². The molecule has 2 heterocycles. The van der Waals surface area contributed by atoms with Crippen molar-refractivity contribution in [2.45, 2.75) is 25.4 Å². The molecule has 7 heteroatoms. The summed E-state index contributed by atoms with van der Waals surface area (Å²) < 4.78 is 33.3. The molecule has 1 atom stereocenters. The number of hydrogen-bond acceptors (Lipinski definition) is 4. The maximum atomic E-state index is 14.3. The highest BCUT2D eigenvalue weighted by molar-refractivity contribution is 5.67. The van der Waals surface area contributed by atoms with Crippen molar-refractivity contribution in [3.05, 3.63) is 101 Å². The Morgan fingerprint density at radius 2 is 1.57 bits per heavy atom. The number of carbonyl (C=O) groups is 1. The molecule has 0 radical (unpaired) electrons. The average Bonchev–Trinajstić information content (AvgIpc) is 3.11. The monoisotopic (exact) mass is 505 g/mol. The van der Waals surface area contributed by atoms with E-state index in [1.54, 1.807) is 11.0 Å². The standard InChI is InChI=1S/C30H33F2N3O2/c31-25-10-8-24(9-11-25)27-7-4-14-34(29-21-26(32)12-13-28(27)29)18-15-33-16-19-35(20-17-33)30(36)37-22-23-5-2-1-3-6-23/h1-3,5-6,8-13,21,27H,4,7,14-20,22H2. The molecule has 0 bridgehead atoms. The summed E-state index contributed by atoms with van der Waals surface area (Å²) in [6.07, 6.45) is 1.64. The van der Waals surface area contributed by atoms with Gasteiger partial charge >= 0.3 is 6.09 Å². The third kappa shape index (κ3) is 6.28. The fraction of sp³-hybridized carbons (Fsp3) is 0.367. The molecule has 1 unspecified atom stereocenters. The van der Waals surface area contributed by atoms with E-state index in [2.05, 4.69) is 9.80 Å². The van der Waals surface area contributed by atoms with E-state index in [0.717, 1.165) is 67.9 Å². The molecule has 3 aromatic rings. The number of anilines is 1. The smallest absolute Gasteiger partial charge is 0.410 e. The molecule has 1 saturated heterocycles. The van der Waals surface area contributed by atoms with Crippen LogP contribution in [0.5, 0.6) is 0 Å². The highest BCUT2D eigenvalue weighted by Gasteiger charge is 2.26. The number of halogens is 2. The molecule has 2 aliphatic rings. The van der Waals surface area contributed by atoms with E-state index < -0.39 is 0 Å². The number of ether oxygens (including phenoxy) is 1. The van der Waals surface area contributed by atoms with Gasteiger partial charge in [-0.05, 0) is 53.8 Å². The minimum Gasteiger partial charge on any atom is -0.445 e. The van der Waals surface area contributed by atoms with Crippen molar-refractivity contribution in [3.63, 3.8) is 0 Å². The van der Waals surface area contributed by atoms with Gasteiger partial charge in [-0.1, -0.05) is 48.5 Å². The Morgan fingerprint density at radius 1 is 0.838 bits per heavy atom. The Bertz CT molecular complexity index is 1180. The van der Waals surface area contributed by atoms with Crippen molar-refractivity contribution in [1.82, 2.24) is 9.80 Å². The van der Waals surface area contributed by atoms with Crippen LogP contribution in [0.3, 0.4) is 0 Å². The van der Waals surface area contributed by atoms with Crippen LogP contribution in [0.1, 0.15) is 35.4 Å². The van der Waals surface area contributed by atoms with Crippen LogP contribution in [0.25, 0.3) is 0 Å². The number of amides is 1. The van der Waals surface area contributed by atoms with Gasteiger partial charge in [0.05, 0.1) is 0 Å². The fourth-order valence-corrected chi connectivity index (χ4v) is 5.35. The van der Waals surface area contributed by atoms with Gasteiger partial charge in [-0.3, -0.25) is 4.90 Å². The molecule has 3 aromatic carbocycles. The summed E-state index contributed by atoms with van der Waals surface area (Å²) in [4.78, 5) is 18.9. The van der Waals surface area contributed by atoms with Crippen LogP contribution in [0, 0.1) is 11.6 Å². The van der Waals surface area contributed by atoms with E-state index >= 15 is 0 Å². The number of rotatable bonds is 6. The second-order valence-corrected chi connectivity index (χ2v) is 9.81. The van der Waals surface area contributed by atoms with E-state index in [1.807, 2.05) is 48.5 Å². The SMILES string of the molecule is O=C(OCc1ccccc1)N1CCN(CCN2CCCC(c3ccc(F)cc3)c3ccc(F)cc32)CC1. The second kappa shape index (κ2) is 11.7. The van der Waals surface area contributed by atoms with Crippen molar-refractivity contribution in [3.8, 4) is 0 Å². The van der Waals surface area contributed by atoms with E-state index in [0.29, 0.717) is 13.1 Å². The van der Waals surface area contributed by atoms with Crippen molar-refractivity contribution >= 4 is 11.8 Å². The van der Waals surface area contributed by atoms with Gasteiger partial charge in [0.1, 0.15) is 18.2 Å². The van der Waals surface area contributed by atoms with Gasteiger partial charge in [0.25, 0.3) is 0 Å². The molecule has 5 nitrogen and oxygen atoms in total. The summed E-state index contributed by atoms with van der Waals surface area (Å²) >= 11 is 0. The van der Waals surface area contributed by atoms with Crippen LogP contribution < -0.4 is 4.90 Å². The average molecular weight is 506 g/mol. The predicted octanol–water partition coefficient (Wildman–Crippen LogP) is 5.65. The third-order valence-corrected chi connectivity index (χ3v) is 7.42. The van der Waals surface area contributed by atoms with Crippen LogP contribution in [-0.2, 0) is 11.3 Å². The number of benzene rings is 3. The Morgan fingerprint density at radius 3 is 2.32 bits per heavy atom. The Labute approximate surface area is 217 Å². The lowest BCUT2D eigenvalue weighted by atomic mass is 9.87. The van der Waals surface area contributed by atoms with Crippen molar-refractivity contribution < 1.29 is 18.3 Å². The third-order valence-electron chi connectivity index (χ3n) is 7.42. The van der Waals surface area contributed by atoms with Crippen molar-refractivity contribution in [1.29, 1.82) is 0 Å². The summed E-state index contributed by atoms with van der Waals surface area (Å²) in [7, 11) is 0. The lowest BCUT2D eigenvalue weighted by Crippen LogP contribution is -2.50. The number of fused-ring (bicyclic) bond motifs is 1. The van der Waals surface area contributed by atoms with E-state index in [-0.39, 0.29) is 30.3 Å². The molecule has 0 saturated carbocycles. The highest BCUT2D eigenvalue weighted by Crippen LogP contribution is 2.39. The molecule has 0 N–H and O–H groups in total. The van der Waals surface area contributed by atoms with Crippen LogP contribution >= 0.6 is 0 Å². The van der Waals surface area contributed by atoms with Gasteiger partial charge in [0.15, 0.2) is 0 Å². The van der Waals surface area contributed by atoms with Crippen LogP contribution in [0.15, 0.2) is 72.8 Å². The van der Waals surface area contributed by atoms with E-state index in [1.165, 1.54) is 18.2 Å². The number of piperazine rings is 1. The maximum Gasteiger partial charge on any atom is 0.410 e. The van der Waals surface area contributed by atoms with Crippen molar-refractivity contribution in [2.24, 2.45) is 0 Å². The molecule has 0 aliphatic carbocycles. The maximum absolute atomic E-state index is 14.3. The minimum absolute atomic E-state index is 0.117. The zero-order chi connectivity index (χ0) is 25.6. The fourth-order valence-electron chi connectivity index (χ4n) is 5.35. The van der Waals surface area contributed by atoms with Gasteiger partial charge in [0.2, 0.25) is 0 Å². The molecular formula is C30H33F2N3O2. The number of hydrogen-bond donors (Lipinski definition) is 0. The lowest BCUT2D eigenvalue weighted by Gasteiger charge is -2.35. The summed E-state index contributed by atoms with van der Waals surface area (Å²) in [6, 6.07) is 21.4. The lowest BCUT2D eigenvalue weighted by molar-refractivity contribution is 0.0722. The van der Waals surface area contributed by atoms with E-state index in [9.17, 15) is 13.6 Å². The first-order valence-corrected chi connectivity index (χ1v) is 13.0. The minimum atomic E-state index is -0.271. The Hall–Kier alpha value is -3.45. The normalized spacial score (nSPS) is 18.3. The summed E-state index contributed by atoms with van der Waals surface area (Å²) in [5, 5.41) is 0. The van der Waals surface area contributed by atoms with Crippen LogP contribution in [-0.4, -0.2) is 61.7 Å². The molecule has 2 aliphatic heterocycles. The second-order valence-electron chi connectivity index (χ2n) is 9.81. The quantitative estimate of drug-likeness (QED) is 0.434. The van der Waals surface area contributed by atoms with E-state index in [4.69, 9.17) is 4.74 Å². The predicted molar refractivity (Wildman–Crippen MR) is 141 cm³/mol. The molecule has 1 fully saturated rings. The number of nitrogens with zero attached hydrogens (tertiary/aromatic N) is 3. The zero-order valence-electron chi connectivity index (χ0n) is 21.0. The van der Waals surface area contributed by atoms with Gasteiger partial charge < -0.3 is 14.5 Å². The van der Waals surface area contributed by atoms with Crippen molar-refractivity contribution in [2.75, 3.05) is 50.7 Å².